The van der Waals surface area contributed by atoms with E-state index in [2.05, 4.69) is 10.2 Å². The fraction of sp³-hybridized carbons (Fsp3) is 0.385. The molecule has 0 bridgehead atoms. The minimum absolute atomic E-state index is 0.0327. The Morgan fingerprint density at radius 3 is 2.69 bits per heavy atom. The maximum atomic E-state index is 15.5. The van der Waals surface area contributed by atoms with Crippen LogP contribution in [0.1, 0.15) is 28.9 Å². The molecule has 3 aliphatic rings. The second-order valence-corrected chi connectivity index (χ2v) is 9.53. The second-order valence-electron chi connectivity index (χ2n) is 9.53. The van der Waals surface area contributed by atoms with Gasteiger partial charge < -0.3 is 33.9 Å². The number of carbonyl (C=O) groups excluding carboxylic acids is 1. The SMILES string of the molecule is CC1COc2c(N3CCN(C)CC3)c(F)cc3c(=O)c(C(=O)NCc4ccc5c(c4)OCO5)cn1c23. The van der Waals surface area contributed by atoms with Gasteiger partial charge in [0.05, 0.1) is 16.9 Å². The molecule has 1 atom stereocenters. The normalized spacial score (nSPS) is 18.9. The zero-order valence-electron chi connectivity index (χ0n) is 20.2. The van der Waals surface area contributed by atoms with E-state index in [1.165, 1.54) is 6.07 Å². The molecule has 1 fully saturated rings. The van der Waals surface area contributed by atoms with Crippen molar-refractivity contribution in [2.45, 2.75) is 19.5 Å². The molecule has 10 heteroatoms. The lowest BCUT2D eigenvalue weighted by atomic mass is 10.0. The number of carbonyl (C=O) groups is 1. The van der Waals surface area contributed by atoms with E-state index in [0.29, 0.717) is 48.1 Å². The lowest BCUT2D eigenvalue weighted by Crippen LogP contribution is -2.45. The van der Waals surface area contributed by atoms with Crippen LogP contribution in [0.5, 0.6) is 17.2 Å². The summed E-state index contributed by atoms with van der Waals surface area (Å²) >= 11 is 0. The third-order valence-electron chi connectivity index (χ3n) is 7.10. The van der Waals surface area contributed by atoms with Crippen molar-refractivity contribution in [3.63, 3.8) is 0 Å². The quantitative estimate of drug-likeness (QED) is 0.597. The molecule has 1 amide bonds. The van der Waals surface area contributed by atoms with Gasteiger partial charge in [0, 0.05) is 38.9 Å². The van der Waals surface area contributed by atoms with Crippen LogP contribution in [0.25, 0.3) is 10.9 Å². The average Bonchev–Trinajstić information content (AvgIpc) is 3.34. The van der Waals surface area contributed by atoms with Gasteiger partial charge in [-0.25, -0.2) is 4.39 Å². The Hall–Kier alpha value is -3.79. The minimum atomic E-state index is -0.521. The van der Waals surface area contributed by atoms with E-state index >= 15 is 4.39 Å². The van der Waals surface area contributed by atoms with E-state index in [-0.39, 0.29) is 30.3 Å². The average molecular weight is 495 g/mol. The van der Waals surface area contributed by atoms with E-state index in [1.54, 1.807) is 18.3 Å². The first-order valence-corrected chi connectivity index (χ1v) is 12.0. The van der Waals surface area contributed by atoms with E-state index in [9.17, 15) is 9.59 Å². The van der Waals surface area contributed by atoms with Crippen molar-refractivity contribution in [2.75, 3.05) is 51.5 Å². The molecule has 3 aliphatic heterocycles. The molecule has 188 valence electrons. The number of anilines is 1. The number of nitrogens with zero attached hydrogens (tertiary/aromatic N) is 3. The van der Waals surface area contributed by atoms with Gasteiger partial charge in [-0.2, -0.15) is 0 Å². The Labute approximate surface area is 206 Å². The first-order chi connectivity index (χ1) is 17.4. The van der Waals surface area contributed by atoms with Crippen LogP contribution in [0.2, 0.25) is 0 Å². The summed E-state index contributed by atoms with van der Waals surface area (Å²) in [5, 5.41) is 2.95. The highest BCUT2D eigenvalue weighted by molar-refractivity contribution is 6.00. The summed E-state index contributed by atoms with van der Waals surface area (Å²) < 4.78 is 34.1. The Kier molecular flexibility index (Phi) is 5.48. The topological polar surface area (TPSA) is 85.3 Å². The summed E-state index contributed by atoms with van der Waals surface area (Å²) in [6.45, 7) is 5.57. The number of nitrogens with one attached hydrogen (secondary N) is 1. The molecule has 1 aromatic heterocycles. The molecule has 9 nitrogen and oxygen atoms in total. The van der Waals surface area contributed by atoms with Gasteiger partial charge in [0.2, 0.25) is 12.2 Å². The molecule has 2 aromatic carbocycles. The van der Waals surface area contributed by atoms with Crippen LogP contribution in [0.3, 0.4) is 0 Å². The molecule has 3 aromatic rings. The zero-order valence-corrected chi connectivity index (χ0v) is 20.2. The van der Waals surface area contributed by atoms with Crippen LogP contribution in [-0.2, 0) is 6.54 Å². The van der Waals surface area contributed by atoms with E-state index < -0.39 is 17.2 Å². The molecule has 0 aliphatic carbocycles. The maximum absolute atomic E-state index is 15.5. The van der Waals surface area contributed by atoms with E-state index in [4.69, 9.17) is 14.2 Å². The van der Waals surface area contributed by atoms with Gasteiger partial charge in [0.25, 0.3) is 5.91 Å². The molecular formula is C26H27FN4O5. The van der Waals surface area contributed by atoms with Crippen LogP contribution in [0.15, 0.2) is 35.3 Å². The first-order valence-electron chi connectivity index (χ1n) is 12.0. The third kappa shape index (κ3) is 3.72. The highest BCUT2D eigenvalue weighted by Gasteiger charge is 2.31. The monoisotopic (exact) mass is 494 g/mol. The number of halogens is 1. The van der Waals surface area contributed by atoms with Crippen LogP contribution in [-0.4, -0.2) is 62.0 Å². The number of aromatic nitrogens is 1. The Morgan fingerprint density at radius 1 is 1.11 bits per heavy atom. The van der Waals surface area contributed by atoms with Crippen molar-refractivity contribution in [1.82, 2.24) is 14.8 Å². The van der Waals surface area contributed by atoms with Gasteiger partial charge in [-0.1, -0.05) is 6.07 Å². The molecule has 1 N–H and O–H groups in total. The standard InChI is InChI=1S/C26H27FN4O5/c1-15-13-34-25-22-17(10-19(27)23(25)30-7-5-29(2)6-8-30)24(32)18(12-31(15)22)26(33)28-11-16-3-4-20-21(9-16)36-14-35-20/h3-4,9-10,12,15H,5-8,11,13-14H2,1-2H3,(H,28,33). The van der Waals surface area contributed by atoms with Crippen molar-refractivity contribution >= 4 is 22.5 Å². The van der Waals surface area contributed by atoms with Crippen molar-refractivity contribution in [2.24, 2.45) is 0 Å². The Bertz CT molecular complexity index is 1430. The van der Waals surface area contributed by atoms with Crippen molar-refractivity contribution < 1.29 is 23.4 Å². The zero-order chi connectivity index (χ0) is 25.0. The van der Waals surface area contributed by atoms with Gasteiger partial charge >= 0.3 is 0 Å². The van der Waals surface area contributed by atoms with Gasteiger partial charge in [-0.3, -0.25) is 9.59 Å². The number of benzene rings is 2. The number of piperazine rings is 1. The molecule has 4 heterocycles. The number of fused-ring (bicyclic) bond motifs is 1. The van der Waals surface area contributed by atoms with Crippen LogP contribution in [0.4, 0.5) is 10.1 Å². The minimum Gasteiger partial charge on any atom is -0.487 e. The fourth-order valence-corrected chi connectivity index (χ4v) is 5.03. The summed E-state index contributed by atoms with van der Waals surface area (Å²) in [4.78, 5) is 30.7. The van der Waals surface area contributed by atoms with E-state index in [1.807, 2.05) is 29.5 Å². The predicted octanol–water partition coefficient (Wildman–Crippen LogP) is 2.50. The lowest BCUT2D eigenvalue weighted by Gasteiger charge is -2.37. The van der Waals surface area contributed by atoms with Gasteiger partial charge in [0.15, 0.2) is 23.1 Å². The van der Waals surface area contributed by atoms with E-state index in [0.717, 1.165) is 18.7 Å². The molecule has 6 rings (SSSR count). The summed E-state index contributed by atoms with van der Waals surface area (Å²) in [6, 6.07) is 6.52. The van der Waals surface area contributed by atoms with Crippen LogP contribution < -0.4 is 29.9 Å². The molecule has 0 spiro atoms. The summed E-state index contributed by atoms with van der Waals surface area (Å²) in [7, 11) is 2.03. The molecule has 0 radical (unpaired) electrons. The highest BCUT2D eigenvalue weighted by Crippen LogP contribution is 2.42. The van der Waals surface area contributed by atoms with Crippen molar-refractivity contribution in [3.05, 3.63) is 57.6 Å². The Morgan fingerprint density at radius 2 is 1.89 bits per heavy atom. The number of hydrogen-bond donors (Lipinski definition) is 1. The largest absolute Gasteiger partial charge is 0.487 e. The number of amides is 1. The molecule has 1 saturated heterocycles. The summed E-state index contributed by atoms with van der Waals surface area (Å²) in [5.74, 6) is 0.606. The lowest BCUT2D eigenvalue weighted by molar-refractivity contribution is 0.0948. The highest BCUT2D eigenvalue weighted by atomic mass is 19.1. The molecule has 0 saturated carbocycles. The summed E-state index contributed by atoms with van der Waals surface area (Å²) in [6.07, 6.45) is 1.57. The van der Waals surface area contributed by atoms with Crippen LogP contribution in [0, 0.1) is 5.82 Å². The van der Waals surface area contributed by atoms with Crippen molar-refractivity contribution in [1.29, 1.82) is 0 Å². The van der Waals surface area contributed by atoms with Crippen LogP contribution >= 0.6 is 0 Å². The van der Waals surface area contributed by atoms with Gasteiger partial charge in [-0.05, 0) is 37.7 Å². The molecule has 1 unspecified atom stereocenters. The smallest absolute Gasteiger partial charge is 0.257 e. The fourth-order valence-electron chi connectivity index (χ4n) is 5.03. The number of hydrogen-bond acceptors (Lipinski definition) is 7. The second kappa shape index (κ2) is 8.70. The number of pyridine rings is 1. The van der Waals surface area contributed by atoms with Gasteiger partial charge in [0.1, 0.15) is 17.9 Å². The number of rotatable bonds is 4. The first kappa shape index (κ1) is 22.7. The number of ether oxygens (including phenoxy) is 3. The summed E-state index contributed by atoms with van der Waals surface area (Å²) in [5.41, 5.74) is 1.17. The molecule has 36 heavy (non-hydrogen) atoms. The number of likely N-dealkylation sites (N-methyl/N-ethyl adjacent to an activating group) is 1. The van der Waals surface area contributed by atoms with Gasteiger partial charge in [-0.15, -0.1) is 0 Å². The predicted molar refractivity (Wildman–Crippen MR) is 132 cm³/mol. The maximum Gasteiger partial charge on any atom is 0.257 e. The molecular weight excluding hydrogens is 467 g/mol. The van der Waals surface area contributed by atoms with Crippen molar-refractivity contribution in [3.8, 4) is 17.2 Å². The third-order valence-corrected chi connectivity index (χ3v) is 7.10. The Balaban J connectivity index is 1.36.